The molecule has 0 unspecified atom stereocenters. The number of carbonyl (C=O) groups excluding carboxylic acids is 3. The molecule has 0 bridgehead atoms. The highest BCUT2D eigenvalue weighted by atomic mass is 32.1. The summed E-state index contributed by atoms with van der Waals surface area (Å²) in [6.45, 7) is 1.75. The molecule has 0 aliphatic carbocycles. The van der Waals surface area contributed by atoms with E-state index in [-0.39, 0.29) is 28.9 Å². The summed E-state index contributed by atoms with van der Waals surface area (Å²) in [7, 11) is 1.54. The maximum atomic E-state index is 13.7. The number of carbonyl (C=O) groups is 3. The van der Waals surface area contributed by atoms with Crippen molar-refractivity contribution in [2.24, 2.45) is 0 Å². The van der Waals surface area contributed by atoms with Crippen molar-refractivity contribution in [2.45, 2.75) is 13.3 Å². The van der Waals surface area contributed by atoms with Gasteiger partial charge in [-0.2, -0.15) is 0 Å². The van der Waals surface area contributed by atoms with Gasteiger partial charge in [0.05, 0.1) is 17.7 Å². The molecule has 9 heteroatoms. The fourth-order valence-corrected chi connectivity index (χ4v) is 3.47. The number of aromatic nitrogens is 1. The fraction of sp³-hybridized carbons (Fsp3) is 0.143. The highest BCUT2D eigenvalue weighted by Crippen LogP contribution is 2.21. The van der Waals surface area contributed by atoms with E-state index in [2.05, 4.69) is 20.9 Å². The lowest BCUT2D eigenvalue weighted by Gasteiger charge is -2.11. The number of hydrogen-bond acceptors (Lipinski definition) is 5. The maximum absolute atomic E-state index is 13.7. The van der Waals surface area contributed by atoms with Gasteiger partial charge in [-0.05, 0) is 36.8 Å². The monoisotopic (exact) mass is 426 g/mol. The Morgan fingerprint density at radius 2 is 1.73 bits per heavy atom. The van der Waals surface area contributed by atoms with E-state index in [4.69, 9.17) is 0 Å². The lowest BCUT2D eigenvalue weighted by atomic mass is 10.1. The first kappa shape index (κ1) is 21.1. The van der Waals surface area contributed by atoms with Crippen molar-refractivity contribution >= 4 is 39.9 Å². The quantitative estimate of drug-likeness (QED) is 0.563. The lowest BCUT2D eigenvalue weighted by molar-refractivity contribution is -0.115. The molecule has 0 aliphatic rings. The largest absolute Gasteiger partial charge is 0.355 e. The van der Waals surface area contributed by atoms with E-state index < -0.39 is 11.7 Å². The fourth-order valence-electron chi connectivity index (χ4n) is 2.77. The van der Waals surface area contributed by atoms with Crippen LogP contribution < -0.4 is 16.0 Å². The zero-order valence-electron chi connectivity index (χ0n) is 16.3. The van der Waals surface area contributed by atoms with Gasteiger partial charge >= 0.3 is 0 Å². The summed E-state index contributed by atoms with van der Waals surface area (Å²) < 4.78 is 13.7. The van der Waals surface area contributed by atoms with E-state index in [1.807, 2.05) is 0 Å². The first-order chi connectivity index (χ1) is 14.4. The average molecular weight is 426 g/mol. The van der Waals surface area contributed by atoms with Crippen molar-refractivity contribution in [3.8, 4) is 0 Å². The van der Waals surface area contributed by atoms with Gasteiger partial charge in [0.2, 0.25) is 5.91 Å². The summed E-state index contributed by atoms with van der Waals surface area (Å²) in [5.74, 6) is -1.79. The minimum atomic E-state index is -0.625. The van der Waals surface area contributed by atoms with Crippen LogP contribution in [-0.4, -0.2) is 29.8 Å². The summed E-state index contributed by atoms with van der Waals surface area (Å²) in [6.07, 6.45) is -0.0181. The highest BCUT2D eigenvalue weighted by Gasteiger charge is 2.15. The Morgan fingerprint density at radius 3 is 2.47 bits per heavy atom. The molecule has 0 spiro atoms. The number of hydrogen-bond donors (Lipinski definition) is 3. The van der Waals surface area contributed by atoms with Crippen molar-refractivity contribution in [1.29, 1.82) is 0 Å². The van der Waals surface area contributed by atoms with E-state index in [1.54, 1.807) is 36.6 Å². The number of benzene rings is 2. The number of halogens is 1. The van der Waals surface area contributed by atoms with Crippen LogP contribution in [0.3, 0.4) is 0 Å². The van der Waals surface area contributed by atoms with Crippen molar-refractivity contribution < 1.29 is 18.8 Å². The zero-order chi connectivity index (χ0) is 21.7. The van der Waals surface area contributed by atoms with Gasteiger partial charge in [-0.25, -0.2) is 9.37 Å². The Kier molecular flexibility index (Phi) is 6.53. The van der Waals surface area contributed by atoms with Crippen molar-refractivity contribution in [3.05, 3.63) is 76.0 Å². The van der Waals surface area contributed by atoms with Gasteiger partial charge in [0.1, 0.15) is 5.82 Å². The van der Waals surface area contributed by atoms with Crippen LogP contribution in [0.15, 0.2) is 47.8 Å². The molecule has 3 N–H and O–H groups in total. The van der Waals surface area contributed by atoms with Gasteiger partial charge < -0.3 is 10.6 Å². The van der Waals surface area contributed by atoms with E-state index in [9.17, 15) is 18.8 Å². The highest BCUT2D eigenvalue weighted by molar-refractivity contribution is 7.14. The van der Waals surface area contributed by atoms with Crippen LogP contribution in [0.2, 0.25) is 0 Å². The third-order valence-corrected chi connectivity index (χ3v) is 5.12. The van der Waals surface area contributed by atoms with Crippen molar-refractivity contribution in [2.75, 3.05) is 17.7 Å². The molecule has 1 aromatic heterocycles. The van der Waals surface area contributed by atoms with E-state index >= 15 is 0 Å². The zero-order valence-corrected chi connectivity index (χ0v) is 17.1. The summed E-state index contributed by atoms with van der Waals surface area (Å²) in [6, 6.07) is 10.7. The molecule has 2 aromatic carbocycles. The van der Waals surface area contributed by atoms with E-state index in [0.29, 0.717) is 22.5 Å². The SMILES string of the molecule is CNC(=O)c1cccc(NC(=O)Cc2csc(NC(=O)c3ccccc3F)n2)c1C. The number of nitrogens with one attached hydrogen (secondary N) is 3. The molecule has 154 valence electrons. The van der Waals surface area contributed by atoms with Gasteiger partial charge in [0, 0.05) is 23.7 Å². The van der Waals surface area contributed by atoms with Crippen LogP contribution in [0.5, 0.6) is 0 Å². The smallest absolute Gasteiger partial charge is 0.260 e. The second-order valence-corrected chi connectivity index (χ2v) is 7.22. The van der Waals surface area contributed by atoms with E-state index in [1.165, 1.54) is 25.2 Å². The topological polar surface area (TPSA) is 100 Å². The number of anilines is 2. The Labute approximate surface area is 176 Å². The molecule has 30 heavy (non-hydrogen) atoms. The molecule has 0 saturated carbocycles. The van der Waals surface area contributed by atoms with Crippen LogP contribution in [0.1, 0.15) is 32.0 Å². The molecule has 0 radical (unpaired) electrons. The molecular formula is C21H19FN4O3S. The molecule has 0 atom stereocenters. The van der Waals surface area contributed by atoms with Gasteiger partial charge in [-0.15, -0.1) is 11.3 Å². The second-order valence-electron chi connectivity index (χ2n) is 6.36. The van der Waals surface area contributed by atoms with Crippen molar-refractivity contribution in [3.63, 3.8) is 0 Å². The average Bonchev–Trinajstić information content (AvgIpc) is 3.15. The van der Waals surface area contributed by atoms with Crippen LogP contribution >= 0.6 is 11.3 Å². The number of rotatable bonds is 6. The normalized spacial score (nSPS) is 10.4. The molecular weight excluding hydrogens is 407 g/mol. The molecule has 3 rings (SSSR count). The summed E-state index contributed by atoms with van der Waals surface area (Å²) in [5, 5.41) is 9.77. The Balaban J connectivity index is 1.64. The molecule has 3 aromatic rings. The minimum Gasteiger partial charge on any atom is -0.355 e. The number of thiazole rings is 1. The first-order valence-electron chi connectivity index (χ1n) is 9.01. The molecule has 3 amide bonds. The van der Waals surface area contributed by atoms with Crippen molar-refractivity contribution in [1.82, 2.24) is 10.3 Å². The van der Waals surface area contributed by atoms with Gasteiger partial charge in [0.15, 0.2) is 5.13 Å². The van der Waals surface area contributed by atoms with Gasteiger partial charge in [-0.1, -0.05) is 18.2 Å². The molecule has 0 aliphatic heterocycles. The maximum Gasteiger partial charge on any atom is 0.260 e. The third kappa shape index (κ3) is 4.87. The Bertz CT molecular complexity index is 1110. The summed E-state index contributed by atoms with van der Waals surface area (Å²) in [4.78, 5) is 40.7. The molecule has 7 nitrogen and oxygen atoms in total. The van der Waals surface area contributed by atoms with E-state index in [0.717, 1.165) is 11.3 Å². The molecule has 0 fully saturated rings. The number of amides is 3. The summed E-state index contributed by atoms with van der Waals surface area (Å²) >= 11 is 1.14. The third-order valence-electron chi connectivity index (χ3n) is 4.31. The second kappa shape index (κ2) is 9.27. The number of nitrogens with zero attached hydrogens (tertiary/aromatic N) is 1. The lowest BCUT2D eigenvalue weighted by Crippen LogP contribution is -2.21. The predicted octanol–water partition coefficient (Wildman–Crippen LogP) is 3.38. The van der Waals surface area contributed by atoms with Crippen LogP contribution in [0.4, 0.5) is 15.2 Å². The standard InChI is InChI=1S/C21H19FN4O3S/c1-12-14(19(28)23-2)7-5-9-17(12)25-18(27)10-13-11-30-21(24-13)26-20(29)15-6-3-4-8-16(15)22/h3-9,11H,10H2,1-2H3,(H,23,28)(H,25,27)(H,24,26,29). The van der Waals surface area contributed by atoms with Gasteiger partial charge in [0.25, 0.3) is 11.8 Å². The van der Waals surface area contributed by atoms with Gasteiger partial charge in [-0.3, -0.25) is 19.7 Å². The first-order valence-corrected chi connectivity index (χ1v) is 9.89. The summed E-state index contributed by atoms with van der Waals surface area (Å²) in [5.41, 5.74) is 2.03. The van der Waals surface area contributed by atoms with Crippen LogP contribution in [-0.2, 0) is 11.2 Å². The molecule has 1 heterocycles. The minimum absolute atomic E-state index is 0.0181. The predicted molar refractivity (Wildman–Crippen MR) is 113 cm³/mol. The Hall–Kier alpha value is -3.59. The molecule has 0 saturated heterocycles. The van der Waals surface area contributed by atoms with Crippen LogP contribution in [0, 0.1) is 12.7 Å². The van der Waals surface area contributed by atoms with Crippen LogP contribution in [0.25, 0.3) is 0 Å². The Morgan fingerprint density at radius 1 is 1.00 bits per heavy atom.